The first-order valence-corrected chi connectivity index (χ1v) is 7.95. The minimum atomic E-state index is 0. The predicted molar refractivity (Wildman–Crippen MR) is 96.1 cm³/mol. The molecule has 0 spiro atoms. The molecule has 1 heterocycles. The summed E-state index contributed by atoms with van der Waals surface area (Å²) >= 11 is 0. The number of fused-ring (bicyclic) bond motifs is 3. The lowest BCUT2D eigenvalue weighted by Gasteiger charge is -2.31. The van der Waals surface area contributed by atoms with Gasteiger partial charge in [0.25, 0.3) is 0 Å². The minimum absolute atomic E-state index is 0. The molecule has 1 fully saturated rings. The Labute approximate surface area is 142 Å². The van der Waals surface area contributed by atoms with E-state index in [0.717, 1.165) is 25.2 Å². The summed E-state index contributed by atoms with van der Waals surface area (Å²) < 4.78 is 0. The Morgan fingerprint density at radius 2 is 1.87 bits per heavy atom. The van der Waals surface area contributed by atoms with Crippen LogP contribution in [0.25, 0.3) is 11.1 Å². The summed E-state index contributed by atoms with van der Waals surface area (Å²) in [5.41, 5.74) is 6.21. The van der Waals surface area contributed by atoms with Crippen LogP contribution in [0.4, 0.5) is 5.69 Å². The molecule has 4 rings (SSSR count). The van der Waals surface area contributed by atoms with Gasteiger partial charge in [0.2, 0.25) is 5.91 Å². The van der Waals surface area contributed by atoms with Crippen molar-refractivity contribution in [2.75, 3.05) is 18.4 Å². The highest BCUT2D eigenvalue weighted by atomic mass is 35.5. The van der Waals surface area contributed by atoms with E-state index in [0.29, 0.717) is 5.92 Å². The number of carbonyl (C=O) groups excluding carboxylic acids is 1. The first-order chi connectivity index (χ1) is 10.7. The predicted octanol–water partition coefficient (Wildman–Crippen LogP) is 3.47. The van der Waals surface area contributed by atoms with Crippen molar-refractivity contribution in [1.82, 2.24) is 5.32 Å². The normalized spacial score (nSPS) is 16.6. The van der Waals surface area contributed by atoms with Crippen LogP contribution >= 0.6 is 12.4 Å². The largest absolute Gasteiger partial charge is 0.326 e. The van der Waals surface area contributed by atoms with Gasteiger partial charge in [0, 0.05) is 11.6 Å². The highest BCUT2D eigenvalue weighted by Crippen LogP contribution is 2.37. The van der Waals surface area contributed by atoms with Gasteiger partial charge in [-0.05, 0) is 59.8 Å². The molecule has 120 valence electrons. The molecule has 0 saturated carbocycles. The number of amides is 1. The molecule has 1 unspecified atom stereocenters. The molecule has 2 aliphatic rings. The fourth-order valence-electron chi connectivity index (χ4n) is 3.36. The lowest BCUT2D eigenvalue weighted by molar-refractivity contribution is -0.121. The van der Waals surface area contributed by atoms with Crippen LogP contribution in [-0.4, -0.2) is 19.0 Å². The summed E-state index contributed by atoms with van der Waals surface area (Å²) in [6.45, 7) is 3.92. The second-order valence-corrected chi connectivity index (χ2v) is 6.40. The SMILES string of the molecule is CC(C(=O)Nc1ccc2c(c1)Cc1ccccc1-2)C1CNC1.Cl. The Morgan fingerprint density at radius 3 is 2.61 bits per heavy atom. The Kier molecular flexibility index (Phi) is 4.42. The minimum Gasteiger partial charge on any atom is -0.326 e. The molecular weight excluding hydrogens is 308 g/mol. The van der Waals surface area contributed by atoms with Crippen LogP contribution in [0.3, 0.4) is 0 Å². The molecule has 1 amide bonds. The molecule has 0 aromatic heterocycles. The van der Waals surface area contributed by atoms with Crippen molar-refractivity contribution in [3.05, 3.63) is 53.6 Å². The van der Waals surface area contributed by atoms with Gasteiger partial charge in [-0.25, -0.2) is 0 Å². The third kappa shape index (κ3) is 2.87. The van der Waals surface area contributed by atoms with E-state index in [1.165, 1.54) is 22.3 Å². The van der Waals surface area contributed by atoms with E-state index in [2.05, 4.69) is 47.0 Å². The smallest absolute Gasteiger partial charge is 0.227 e. The van der Waals surface area contributed by atoms with E-state index >= 15 is 0 Å². The molecule has 0 radical (unpaired) electrons. The zero-order chi connectivity index (χ0) is 15.1. The molecule has 2 N–H and O–H groups in total. The van der Waals surface area contributed by atoms with Crippen LogP contribution in [0.5, 0.6) is 0 Å². The quantitative estimate of drug-likeness (QED) is 0.773. The number of hydrogen-bond donors (Lipinski definition) is 2. The standard InChI is InChI=1S/C19H20N2O.ClH/c1-12(15-10-20-11-15)19(22)21-16-6-7-18-14(9-16)8-13-4-2-3-5-17(13)18;/h2-7,9,12,15,20H,8,10-11H2,1H3,(H,21,22);1H. The molecule has 3 nitrogen and oxygen atoms in total. The van der Waals surface area contributed by atoms with Crippen molar-refractivity contribution >= 4 is 24.0 Å². The third-order valence-corrected chi connectivity index (χ3v) is 4.99. The number of anilines is 1. The van der Waals surface area contributed by atoms with Gasteiger partial charge in [0.1, 0.15) is 0 Å². The van der Waals surface area contributed by atoms with E-state index in [1.807, 2.05) is 13.0 Å². The Bertz CT molecular complexity index is 740. The summed E-state index contributed by atoms with van der Waals surface area (Å²) in [5.74, 6) is 0.660. The van der Waals surface area contributed by atoms with Crippen molar-refractivity contribution < 1.29 is 4.79 Å². The highest BCUT2D eigenvalue weighted by Gasteiger charge is 2.29. The molecule has 1 aliphatic heterocycles. The molecule has 2 aromatic carbocycles. The lowest BCUT2D eigenvalue weighted by atomic mass is 9.88. The summed E-state index contributed by atoms with van der Waals surface area (Å²) in [6.07, 6.45) is 0.956. The van der Waals surface area contributed by atoms with E-state index in [4.69, 9.17) is 0 Å². The Hall–Kier alpha value is -1.84. The number of rotatable bonds is 3. The fourth-order valence-corrected chi connectivity index (χ4v) is 3.36. The van der Waals surface area contributed by atoms with Crippen LogP contribution < -0.4 is 10.6 Å². The van der Waals surface area contributed by atoms with Gasteiger partial charge in [-0.1, -0.05) is 37.3 Å². The second-order valence-electron chi connectivity index (χ2n) is 6.40. The zero-order valence-corrected chi connectivity index (χ0v) is 14.0. The van der Waals surface area contributed by atoms with Crippen LogP contribution in [0.15, 0.2) is 42.5 Å². The summed E-state index contributed by atoms with van der Waals surface area (Å²) in [5, 5.41) is 6.31. The van der Waals surface area contributed by atoms with E-state index in [9.17, 15) is 4.79 Å². The van der Waals surface area contributed by atoms with Crippen LogP contribution in [-0.2, 0) is 11.2 Å². The second kappa shape index (κ2) is 6.34. The van der Waals surface area contributed by atoms with Gasteiger partial charge in [0.15, 0.2) is 0 Å². The maximum atomic E-state index is 12.3. The molecule has 1 saturated heterocycles. The molecule has 4 heteroatoms. The van der Waals surface area contributed by atoms with Gasteiger partial charge in [-0.2, -0.15) is 0 Å². The van der Waals surface area contributed by atoms with Gasteiger partial charge in [-0.15, -0.1) is 12.4 Å². The monoisotopic (exact) mass is 328 g/mol. The average molecular weight is 329 g/mol. The summed E-state index contributed by atoms with van der Waals surface area (Å²) in [4.78, 5) is 12.3. The molecule has 1 atom stereocenters. The Balaban J connectivity index is 0.00000156. The number of carbonyl (C=O) groups is 1. The van der Waals surface area contributed by atoms with E-state index in [1.54, 1.807) is 0 Å². The van der Waals surface area contributed by atoms with Crippen LogP contribution in [0.2, 0.25) is 0 Å². The van der Waals surface area contributed by atoms with Crippen molar-refractivity contribution in [1.29, 1.82) is 0 Å². The fraction of sp³-hybridized carbons (Fsp3) is 0.316. The summed E-state index contributed by atoms with van der Waals surface area (Å²) in [6, 6.07) is 14.8. The van der Waals surface area contributed by atoms with Gasteiger partial charge in [-0.3, -0.25) is 4.79 Å². The van der Waals surface area contributed by atoms with Gasteiger partial charge >= 0.3 is 0 Å². The van der Waals surface area contributed by atoms with Crippen LogP contribution in [0.1, 0.15) is 18.1 Å². The number of hydrogen-bond acceptors (Lipinski definition) is 2. The van der Waals surface area contributed by atoms with Crippen molar-refractivity contribution in [2.24, 2.45) is 11.8 Å². The third-order valence-electron chi connectivity index (χ3n) is 4.99. The molecule has 23 heavy (non-hydrogen) atoms. The number of halogens is 1. The molecule has 0 bridgehead atoms. The van der Waals surface area contributed by atoms with Crippen molar-refractivity contribution in [2.45, 2.75) is 13.3 Å². The zero-order valence-electron chi connectivity index (χ0n) is 13.1. The van der Waals surface area contributed by atoms with Crippen molar-refractivity contribution in [3.63, 3.8) is 0 Å². The number of nitrogens with one attached hydrogen (secondary N) is 2. The first kappa shape index (κ1) is 16.0. The van der Waals surface area contributed by atoms with Crippen molar-refractivity contribution in [3.8, 4) is 11.1 Å². The summed E-state index contributed by atoms with van der Waals surface area (Å²) in [7, 11) is 0. The lowest BCUT2D eigenvalue weighted by Crippen LogP contribution is -2.48. The maximum Gasteiger partial charge on any atom is 0.227 e. The first-order valence-electron chi connectivity index (χ1n) is 7.95. The molecule has 1 aliphatic carbocycles. The van der Waals surface area contributed by atoms with E-state index < -0.39 is 0 Å². The van der Waals surface area contributed by atoms with Gasteiger partial charge in [0.05, 0.1) is 0 Å². The van der Waals surface area contributed by atoms with E-state index in [-0.39, 0.29) is 24.2 Å². The average Bonchev–Trinajstić information content (AvgIpc) is 2.83. The highest BCUT2D eigenvalue weighted by molar-refractivity contribution is 5.93. The molecular formula is C19H21ClN2O. The Morgan fingerprint density at radius 1 is 1.13 bits per heavy atom. The van der Waals surface area contributed by atoms with Crippen LogP contribution in [0, 0.1) is 11.8 Å². The van der Waals surface area contributed by atoms with Gasteiger partial charge < -0.3 is 10.6 Å². The maximum absolute atomic E-state index is 12.3. The molecule has 2 aromatic rings. The topological polar surface area (TPSA) is 41.1 Å². The number of benzene rings is 2.